The van der Waals surface area contributed by atoms with Gasteiger partial charge in [-0.2, -0.15) is 0 Å². The lowest BCUT2D eigenvalue weighted by Crippen LogP contribution is -2.51. The van der Waals surface area contributed by atoms with Crippen LogP contribution >= 0.6 is 23.2 Å². The summed E-state index contributed by atoms with van der Waals surface area (Å²) in [5.41, 5.74) is 0.381. The zero-order valence-electron chi connectivity index (χ0n) is 22.5. The molecule has 1 N–H and O–H groups in total. The summed E-state index contributed by atoms with van der Waals surface area (Å²) in [5, 5.41) is 14.6. The van der Waals surface area contributed by atoms with E-state index < -0.39 is 39.3 Å². The highest BCUT2D eigenvalue weighted by Crippen LogP contribution is 2.27. The van der Waals surface area contributed by atoms with Gasteiger partial charge >= 0.3 is 0 Å². The fourth-order valence-corrected chi connectivity index (χ4v) is 5.70. The number of carbonyl (C=O) groups is 2. The molecule has 41 heavy (non-hydrogen) atoms. The SMILES string of the molecule is CCCCNC(=O)[C@H](C)N(Cc1ccc(Cl)c(Cl)c1)C(=O)CN(c1ccc([N+](=O)[O-])cc1)S(=O)(=O)c1ccccc1. The van der Waals surface area contributed by atoms with E-state index in [2.05, 4.69) is 5.32 Å². The standard InChI is InChI=1S/C28H30Cl2N4O6S/c1-3-4-16-31-28(36)20(2)32(18-21-10-15-25(29)26(30)17-21)27(35)19-33(22-11-13-23(14-12-22)34(37)38)41(39,40)24-8-6-5-7-9-24/h5-15,17,20H,3-4,16,18-19H2,1-2H3,(H,31,36)/t20-/m0/s1. The first-order valence-electron chi connectivity index (χ1n) is 12.8. The van der Waals surface area contributed by atoms with Crippen molar-refractivity contribution in [3.8, 4) is 0 Å². The molecule has 3 rings (SSSR count). The largest absolute Gasteiger partial charge is 0.354 e. The molecule has 1 atom stereocenters. The lowest BCUT2D eigenvalue weighted by atomic mass is 10.1. The highest BCUT2D eigenvalue weighted by Gasteiger charge is 2.32. The predicted molar refractivity (Wildman–Crippen MR) is 158 cm³/mol. The number of unbranched alkanes of at least 4 members (excludes halogenated alkanes) is 1. The summed E-state index contributed by atoms with van der Waals surface area (Å²) in [6.07, 6.45) is 1.62. The van der Waals surface area contributed by atoms with E-state index in [1.54, 1.807) is 43.3 Å². The molecule has 0 aliphatic rings. The zero-order valence-corrected chi connectivity index (χ0v) is 24.8. The van der Waals surface area contributed by atoms with Crippen molar-refractivity contribution in [1.29, 1.82) is 0 Å². The molecule has 13 heteroatoms. The number of nitro groups is 1. The van der Waals surface area contributed by atoms with Gasteiger partial charge in [-0.15, -0.1) is 0 Å². The van der Waals surface area contributed by atoms with Crippen molar-refractivity contribution >= 4 is 56.4 Å². The van der Waals surface area contributed by atoms with Crippen molar-refractivity contribution in [3.05, 3.63) is 98.5 Å². The Bertz CT molecular complexity index is 1490. The van der Waals surface area contributed by atoms with Gasteiger partial charge < -0.3 is 10.2 Å². The Labute approximate surface area is 249 Å². The molecule has 3 aromatic rings. The average molecular weight is 622 g/mol. The van der Waals surface area contributed by atoms with E-state index in [1.165, 1.54) is 29.2 Å². The Morgan fingerprint density at radius 1 is 1.00 bits per heavy atom. The Kier molecular flexibility index (Phi) is 11.1. The second kappa shape index (κ2) is 14.3. The van der Waals surface area contributed by atoms with Crippen LogP contribution in [-0.4, -0.2) is 49.2 Å². The molecular weight excluding hydrogens is 591 g/mol. The number of nitrogens with zero attached hydrogens (tertiary/aromatic N) is 3. The van der Waals surface area contributed by atoms with E-state index >= 15 is 0 Å². The van der Waals surface area contributed by atoms with Crippen molar-refractivity contribution in [3.63, 3.8) is 0 Å². The summed E-state index contributed by atoms with van der Waals surface area (Å²) in [6.45, 7) is 3.22. The predicted octanol–water partition coefficient (Wildman–Crippen LogP) is 5.43. The molecule has 0 saturated carbocycles. The molecular formula is C28H30Cl2N4O6S. The Hall–Kier alpha value is -3.67. The first kappa shape index (κ1) is 31.9. The van der Waals surface area contributed by atoms with E-state index in [0.717, 1.165) is 29.3 Å². The molecule has 0 radical (unpaired) electrons. The lowest BCUT2D eigenvalue weighted by Gasteiger charge is -2.32. The van der Waals surface area contributed by atoms with Crippen LogP contribution in [0.25, 0.3) is 0 Å². The van der Waals surface area contributed by atoms with Crippen molar-refractivity contribution in [2.45, 2.75) is 44.2 Å². The maximum Gasteiger partial charge on any atom is 0.269 e. The minimum Gasteiger partial charge on any atom is -0.354 e. The summed E-state index contributed by atoms with van der Waals surface area (Å²) < 4.78 is 28.3. The van der Waals surface area contributed by atoms with Crippen LogP contribution in [0.4, 0.5) is 11.4 Å². The fraction of sp³-hybridized carbons (Fsp3) is 0.286. The molecule has 0 aliphatic carbocycles. The number of hydrogen-bond donors (Lipinski definition) is 1. The Morgan fingerprint density at radius 2 is 1.66 bits per heavy atom. The summed E-state index contributed by atoms with van der Waals surface area (Å²) in [4.78, 5) is 38.6. The molecule has 0 unspecified atom stereocenters. The number of rotatable bonds is 13. The highest BCUT2D eigenvalue weighted by atomic mass is 35.5. The number of anilines is 1. The maximum atomic E-state index is 13.9. The summed E-state index contributed by atoms with van der Waals surface area (Å²) in [6, 6.07) is 16.2. The topological polar surface area (TPSA) is 130 Å². The maximum absolute atomic E-state index is 13.9. The number of sulfonamides is 1. The van der Waals surface area contributed by atoms with Gasteiger partial charge in [-0.3, -0.25) is 24.0 Å². The van der Waals surface area contributed by atoms with E-state index in [0.29, 0.717) is 17.1 Å². The van der Waals surface area contributed by atoms with Gasteiger partial charge in [-0.1, -0.05) is 60.8 Å². The first-order valence-corrected chi connectivity index (χ1v) is 15.0. The average Bonchev–Trinajstić information content (AvgIpc) is 2.96. The molecule has 0 spiro atoms. The third-order valence-corrected chi connectivity index (χ3v) is 8.82. The smallest absolute Gasteiger partial charge is 0.269 e. The van der Waals surface area contributed by atoms with Gasteiger partial charge in [0.1, 0.15) is 12.6 Å². The number of nitro benzene ring substituents is 1. The minimum atomic E-state index is -4.29. The number of non-ortho nitro benzene ring substituents is 1. The van der Waals surface area contributed by atoms with Gasteiger partial charge in [0.2, 0.25) is 11.8 Å². The fourth-order valence-electron chi connectivity index (χ4n) is 3.94. The van der Waals surface area contributed by atoms with E-state index in [1.807, 2.05) is 6.92 Å². The Morgan fingerprint density at radius 3 is 2.24 bits per heavy atom. The van der Waals surface area contributed by atoms with Crippen LogP contribution in [0.5, 0.6) is 0 Å². The van der Waals surface area contributed by atoms with Gasteiger partial charge in [-0.05, 0) is 55.3 Å². The van der Waals surface area contributed by atoms with Gasteiger partial charge in [0.05, 0.1) is 25.6 Å². The Balaban J connectivity index is 2.02. The normalized spacial score (nSPS) is 11.9. The number of nitrogens with one attached hydrogen (secondary N) is 1. The molecule has 0 aromatic heterocycles. The molecule has 0 aliphatic heterocycles. The third-order valence-electron chi connectivity index (χ3n) is 6.29. The minimum absolute atomic E-state index is 0.0438. The van der Waals surface area contributed by atoms with Crippen molar-refractivity contribution in [2.75, 3.05) is 17.4 Å². The van der Waals surface area contributed by atoms with Gasteiger partial charge in [0.15, 0.2) is 0 Å². The molecule has 2 amide bonds. The van der Waals surface area contributed by atoms with Crippen LogP contribution in [-0.2, 0) is 26.2 Å². The second-order valence-corrected chi connectivity index (χ2v) is 11.9. The molecule has 218 valence electrons. The van der Waals surface area contributed by atoms with Gasteiger partial charge in [0.25, 0.3) is 15.7 Å². The van der Waals surface area contributed by atoms with Crippen LogP contribution in [0.1, 0.15) is 32.3 Å². The lowest BCUT2D eigenvalue weighted by molar-refractivity contribution is -0.384. The number of benzene rings is 3. The quantitative estimate of drug-likeness (QED) is 0.154. The molecule has 0 heterocycles. The third kappa shape index (κ3) is 8.18. The monoisotopic (exact) mass is 620 g/mol. The van der Waals surface area contributed by atoms with Gasteiger partial charge in [0, 0.05) is 25.2 Å². The van der Waals surface area contributed by atoms with Crippen LogP contribution < -0.4 is 9.62 Å². The summed E-state index contributed by atoms with van der Waals surface area (Å²) in [5.74, 6) is -1.08. The summed E-state index contributed by atoms with van der Waals surface area (Å²) in [7, 11) is -4.29. The molecule has 0 saturated heterocycles. The molecule has 10 nitrogen and oxygen atoms in total. The summed E-state index contributed by atoms with van der Waals surface area (Å²) >= 11 is 12.2. The van der Waals surface area contributed by atoms with Crippen molar-refractivity contribution in [1.82, 2.24) is 10.2 Å². The van der Waals surface area contributed by atoms with Crippen LogP contribution in [0.2, 0.25) is 10.0 Å². The van der Waals surface area contributed by atoms with E-state index in [-0.39, 0.29) is 27.8 Å². The van der Waals surface area contributed by atoms with Crippen LogP contribution in [0.3, 0.4) is 0 Å². The number of amides is 2. The van der Waals surface area contributed by atoms with Crippen LogP contribution in [0, 0.1) is 10.1 Å². The van der Waals surface area contributed by atoms with Crippen LogP contribution in [0.15, 0.2) is 77.7 Å². The van der Waals surface area contributed by atoms with E-state index in [4.69, 9.17) is 23.2 Å². The molecule has 0 fully saturated rings. The second-order valence-electron chi connectivity index (χ2n) is 9.19. The molecule has 3 aromatic carbocycles. The molecule has 0 bridgehead atoms. The van der Waals surface area contributed by atoms with Crippen molar-refractivity contribution < 1.29 is 22.9 Å². The van der Waals surface area contributed by atoms with Gasteiger partial charge in [-0.25, -0.2) is 8.42 Å². The number of hydrogen-bond acceptors (Lipinski definition) is 6. The van der Waals surface area contributed by atoms with E-state index in [9.17, 15) is 28.1 Å². The first-order chi connectivity index (χ1) is 19.4. The zero-order chi connectivity index (χ0) is 30.2. The number of halogens is 2. The number of carbonyl (C=O) groups excluding carboxylic acids is 2. The highest BCUT2D eigenvalue weighted by molar-refractivity contribution is 7.92. The van der Waals surface area contributed by atoms with Crippen molar-refractivity contribution in [2.24, 2.45) is 0 Å².